The highest BCUT2D eigenvalue weighted by atomic mass is 16.5. The van der Waals surface area contributed by atoms with Gasteiger partial charge in [-0.3, -0.25) is 4.79 Å². The summed E-state index contributed by atoms with van der Waals surface area (Å²) in [6.07, 6.45) is 3.47. The Balaban J connectivity index is 1.88. The summed E-state index contributed by atoms with van der Waals surface area (Å²) in [5.74, 6) is 0.786. The molecule has 2 aromatic rings. The lowest BCUT2D eigenvalue weighted by atomic mass is 9.73. The van der Waals surface area contributed by atoms with Crippen LogP contribution in [0.5, 0.6) is 5.75 Å². The summed E-state index contributed by atoms with van der Waals surface area (Å²) in [7, 11) is 1.69. The number of aromatic amines is 1. The molecule has 0 unspecified atom stereocenters. The molecule has 0 saturated carbocycles. The van der Waals surface area contributed by atoms with Gasteiger partial charge in [-0.2, -0.15) is 0 Å². The SMILES string of the molecule is COc1ccc(C)cc1C1(CNC(=O)c2ccc[nH]2)CCOCC1. The van der Waals surface area contributed by atoms with Crippen molar-refractivity contribution in [2.45, 2.75) is 25.2 Å². The Morgan fingerprint density at radius 1 is 1.33 bits per heavy atom. The van der Waals surface area contributed by atoms with E-state index in [1.54, 1.807) is 19.4 Å². The van der Waals surface area contributed by atoms with Crippen molar-refractivity contribution < 1.29 is 14.3 Å². The van der Waals surface area contributed by atoms with E-state index >= 15 is 0 Å². The van der Waals surface area contributed by atoms with E-state index in [1.807, 2.05) is 18.2 Å². The van der Waals surface area contributed by atoms with Crippen LogP contribution in [0.2, 0.25) is 0 Å². The number of nitrogens with one attached hydrogen (secondary N) is 2. The van der Waals surface area contributed by atoms with Crippen LogP contribution < -0.4 is 10.1 Å². The number of methoxy groups -OCH3 is 1. The third-order valence-electron chi connectivity index (χ3n) is 4.81. The zero-order valence-corrected chi connectivity index (χ0v) is 14.2. The fourth-order valence-corrected chi connectivity index (χ4v) is 3.36. The van der Waals surface area contributed by atoms with E-state index in [1.165, 1.54) is 5.56 Å². The van der Waals surface area contributed by atoms with Crippen molar-refractivity contribution in [3.63, 3.8) is 0 Å². The van der Waals surface area contributed by atoms with Crippen LogP contribution in [0.4, 0.5) is 0 Å². The molecule has 1 aromatic heterocycles. The third-order valence-corrected chi connectivity index (χ3v) is 4.81. The second-order valence-corrected chi connectivity index (χ2v) is 6.36. The van der Waals surface area contributed by atoms with Gasteiger partial charge in [-0.1, -0.05) is 17.7 Å². The van der Waals surface area contributed by atoms with Gasteiger partial charge in [0.15, 0.2) is 0 Å². The average molecular weight is 328 g/mol. The molecule has 1 saturated heterocycles. The summed E-state index contributed by atoms with van der Waals surface area (Å²) in [6.45, 7) is 4.02. The van der Waals surface area contributed by atoms with Crippen molar-refractivity contribution in [2.24, 2.45) is 0 Å². The fraction of sp³-hybridized carbons (Fsp3) is 0.421. The molecule has 0 bridgehead atoms. The van der Waals surface area contributed by atoms with Gasteiger partial charge in [0.2, 0.25) is 0 Å². The van der Waals surface area contributed by atoms with Crippen LogP contribution in [-0.2, 0) is 10.2 Å². The van der Waals surface area contributed by atoms with E-state index in [-0.39, 0.29) is 11.3 Å². The molecule has 5 nitrogen and oxygen atoms in total. The molecule has 0 spiro atoms. The molecular weight excluding hydrogens is 304 g/mol. The maximum absolute atomic E-state index is 12.3. The molecule has 1 aliphatic heterocycles. The molecule has 2 heterocycles. The summed E-state index contributed by atoms with van der Waals surface area (Å²) >= 11 is 0. The van der Waals surface area contributed by atoms with Crippen LogP contribution in [0.1, 0.15) is 34.5 Å². The molecule has 1 fully saturated rings. The minimum Gasteiger partial charge on any atom is -0.496 e. The van der Waals surface area contributed by atoms with Crippen LogP contribution >= 0.6 is 0 Å². The van der Waals surface area contributed by atoms with E-state index in [0.29, 0.717) is 25.5 Å². The smallest absolute Gasteiger partial charge is 0.267 e. The topological polar surface area (TPSA) is 63.3 Å². The molecule has 0 radical (unpaired) electrons. The standard InChI is InChI=1S/C19H24N2O3/c1-14-5-6-17(23-2)15(12-14)19(7-10-24-11-8-19)13-21-18(22)16-4-3-9-20-16/h3-6,9,12,20H,7-8,10-11,13H2,1-2H3,(H,21,22). The molecule has 1 aliphatic rings. The van der Waals surface area contributed by atoms with Crippen molar-refractivity contribution in [1.29, 1.82) is 0 Å². The number of ether oxygens (including phenoxy) is 2. The summed E-state index contributed by atoms with van der Waals surface area (Å²) in [5, 5.41) is 3.08. The number of H-pyrrole nitrogens is 1. The second kappa shape index (κ2) is 7.09. The normalized spacial score (nSPS) is 16.6. The quantitative estimate of drug-likeness (QED) is 0.887. The predicted octanol–water partition coefficient (Wildman–Crippen LogP) is 2.81. The second-order valence-electron chi connectivity index (χ2n) is 6.36. The predicted molar refractivity (Wildman–Crippen MR) is 92.6 cm³/mol. The van der Waals surface area contributed by atoms with Crippen LogP contribution in [-0.4, -0.2) is 37.8 Å². The minimum atomic E-state index is -0.169. The Morgan fingerprint density at radius 3 is 2.79 bits per heavy atom. The van der Waals surface area contributed by atoms with Crippen LogP contribution in [0.3, 0.4) is 0 Å². The van der Waals surface area contributed by atoms with Crippen molar-refractivity contribution >= 4 is 5.91 Å². The molecule has 1 amide bonds. The van der Waals surface area contributed by atoms with E-state index in [0.717, 1.165) is 24.2 Å². The lowest BCUT2D eigenvalue weighted by Gasteiger charge is -2.38. The average Bonchev–Trinajstić information content (AvgIpc) is 3.15. The molecule has 2 N–H and O–H groups in total. The van der Waals surface area contributed by atoms with Gasteiger partial charge >= 0.3 is 0 Å². The maximum Gasteiger partial charge on any atom is 0.267 e. The first-order valence-corrected chi connectivity index (χ1v) is 8.29. The zero-order valence-electron chi connectivity index (χ0n) is 14.2. The molecule has 5 heteroatoms. The molecule has 1 aromatic carbocycles. The van der Waals surface area contributed by atoms with Gasteiger partial charge in [0.05, 0.1) is 7.11 Å². The number of carbonyl (C=O) groups is 1. The first kappa shape index (κ1) is 16.6. The molecular formula is C19H24N2O3. The number of rotatable bonds is 5. The highest BCUT2D eigenvalue weighted by molar-refractivity contribution is 5.92. The summed E-state index contributed by atoms with van der Waals surface area (Å²) in [6, 6.07) is 9.83. The van der Waals surface area contributed by atoms with E-state index in [2.05, 4.69) is 23.3 Å². The number of benzene rings is 1. The zero-order chi connectivity index (χ0) is 17.0. The van der Waals surface area contributed by atoms with Crippen molar-refractivity contribution in [3.8, 4) is 5.75 Å². The van der Waals surface area contributed by atoms with Gasteiger partial charge in [-0.25, -0.2) is 0 Å². The Bertz CT molecular complexity index is 689. The Labute approximate surface area is 142 Å². The van der Waals surface area contributed by atoms with E-state index in [9.17, 15) is 4.79 Å². The molecule has 128 valence electrons. The van der Waals surface area contributed by atoms with Gasteiger partial charge in [-0.05, 0) is 38.0 Å². The number of hydrogen-bond acceptors (Lipinski definition) is 3. The largest absolute Gasteiger partial charge is 0.496 e. The number of amides is 1. The number of aromatic nitrogens is 1. The van der Waals surface area contributed by atoms with E-state index < -0.39 is 0 Å². The highest BCUT2D eigenvalue weighted by Gasteiger charge is 2.37. The first-order valence-electron chi connectivity index (χ1n) is 8.29. The lowest BCUT2D eigenvalue weighted by molar-refractivity contribution is 0.0478. The van der Waals surface area contributed by atoms with Gasteiger partial charge in [0, 0.05) is 36.9 Å². The van der Waals surface area contributed by atoms with Crippen LogP contribution in [0.15, 0.2) is 36.5 Å². The van der Waals surface area contributed by atoms with Gasteiger partial charge in [-0.15, -0.1) is 0 Å². The summed E-state index contributed by atoms with van der Waals surface area (Å²) in [5.41, 5.74) is 2.75. The number of hydrogen-bond donors (Lipinski definition) is 2. The minimum absolute atomic E-state index is 0.0857. The Morgan fingerprint density at radius 2 is 2.12 bits per heavy atom. The molecule has 0 aliphatic carbocycles. The monoisotopic (exact) mass is 328 g/mol. The van der Waals surface area contributed by atoms with E-state index in [4.69, 9.17) is 9.47 Å². The number of aryl methyl sites for hydroxylation is 1. The molecule has 24 heavy (non-hydrogen) atoms. The summed E-state index contributed by atoms with van der Waals surface area (Å²) < 4.78 is 11.2. The molecule has 3 rings (SSSR count). The van der Waals surface area contributed by atoms with Gasteiger partial charge in [0.1, 0.15) is 11.4 Å². The number of carbonyl (C=O) groups excluding carboxylic acids is 1. The maximum atomic E-state index is 12.3. The van der Waals surface area contributed by atoms with Crippen LogP contribution in [0, 0.1) is 6.92 Å². The molecule has 0 atom stereocenters. The third kappa shape index (κ3) is 3.31. The Hall–Kier alpha value is -2.27. The lowest BCUT2D eigenvalue weighted by Crippen LogP contribution is -2.45. The fourth-order valence-electron chi connectivity index (χ4n) is 3.36. The summed E-state index contributed by atoms with van der Waals surface area (Å²) in [4.78, 5) is 15.3. The van der Waals surface area contributed by atoms with Crippen LogP contribution in [0.25, 0.3) is 0 Å². The highest BCUT2D eigenvalue weighted by Crippen LogP contribution is 2.40. The van der Waals surface area contributed by atoms with Gasteiger partial charge in [0.25, 0.3) is 5.91 Å². The Kier molecular flexibility index (Phi) is 4.90. The van der Waals surface area contributed by atoms with Crippen molar-refractivity contribution in [2.75, 3.05) is 26.9 Å². The first-order chi connectivity index (χ1) is 11.6. The van der Waals surface area contributed by atoms with Gasteiger partial charge < -0.3 is 19.8 Å². The van der Waals surface area contributed by atoms with Crippen molar-refractivity contribution in [1.82, 2.24) is 10.3 Å². The van der Waals surface area contributed by atoms with Crippen molar-refractivity contribution in [3.05, 3.63) is 53.3 Å².